The van der Waals surface area contributed by atoms with E-state index in [1.165, 1.54) is 12.1 Å². The van der Waals surface area contributed by atoms with Gasteiger partial charge in [-0.05, 0) is 44.0 Å². The van der Waals surface area contributed by atoms with Crippen LogP contribution in [0.4, 0.5) is 15.8 Å². The van der Waals surface area contributed by atoms with Crippen LogP contribution in [0, 0.1) is 24.6 Å². The maximum absolute atomic E-state index is 13.8. The van der Waals surface area contributed by atoms with Crippen molar-refractivity contribution in [1.82, 2.24) is 4.90 Å². The SMILES string of the molecule is Cc1ccc(N2C[C@H](C(=O)N3CCC(C(=O)Nc4ccccc4F)CC3)CC2=O)cc1. The highest BCUT2D eigenvalue weighted by atomic mass is 19.1. The van der Waals surface area contributed by atoms with Crippen LogP contribution in [0.3, 0.4) is 0 Å². The normalized spacial score (nSPS) is 19.5. The molecule has 3 amide bonds. The van der Waals surface area contributed by atoms with Gasteiger partial charge in [-0.15, -0.1) is 0 Å². The molecule has 2 aliphatic rings. The first-order valence-corrected chi connectivity index (χ1v) is 10.6. The van der Waals surface area contributed by atoms with E-state index in [4.69, 9.17) is 0 Å². The first kappa shape index (κ1) is 21.0. The fourth-order valence-electron chi connectivity index (χ4n) is 4.26. The highest BCUT2D eigenvalue weighted by molar-refractivity contribution is 6.00. The summed E-state index contributed by atoms with van der Waals surface area (Å²) in [6, 6.07) is 13.8. The number of hydrogen-bond donors (Lipinski definition) is 1. The molecule has 0 saturated carbocycles. The van der Waals surface area contributed by atoms with Gasteiger partial charge in [0.15, 0.2) is 0 Å². The van der Waals surface area contributed by atoms with E-state index in [1.807, 2.05) is 31.2 Å². The van der Waals surface area contributed by atoms with Gasteiger partial charge in [0.05, 0.1) is 11.6 Å². The van der Waals surface area contributed by atoms with Gasteiger partial charge in [-0.25, -0.2) is 4.39 Å². The Bertz CT molecular complexity index is 984. The van der Waals surface area contributed by atoms with Gasteiger partial charge in [0, 0.05) is 37.7 Å². The summed E-state index contributed by atoms with van der Waals surface area (Å²) in [6.07, 6.45) is 1.25. The van der Waals surface area contributed by atoms with Gasteiger partial charge in [-0.3, -0.25) is 14.4 Å². The summed E-state index contributed by atoms with van der Waals surface area (Å²) < 4.78 is 13.8. The Morgan fingerprint density at radius 2 is 1.68 bits per heavy atom. The number of anilines is 2. The molecule has 0 bridgehead atoms. The first-order valence-electron chi connectivity index (χ1n) is 10.6. The number of carbonyl (C=O) groups excluding carboxylic acids is 3. The van der Waals surface area contributed by atoms with E-state index in [-0.39, 0.29) is 41.7 Å². The lowest BCUT2D eigenvalue weighted by Gasteiger charge is -2.33. The Morgan fingerprint density at radius 1 is 1.00 bits per heavy atom. The Kier molecular flexibility index (Phi) is 6.02. The minimum atomic E-state index is -0.465. The number of rotatable bonds is 4. The number of benzene rings is 2. The molecular weight excluding hydrogens is 397 g/mol. The number of piperidine rings is 1. The lowest BCUT2D eigenvalue weighted by atomic mass is 9.94. The number of nitrogens with one attached hydrogen (secondary N) is 1. The van der Waals surface area contributed by atoms with Crippen molar-refractivity contribution in [2.45, 2.75) is 26.2 Å². The molecule has 2 heterocycles. The van der Waals surface area contributed by atoms with E-state index >= 15 is 0 Å². The van der Waals surface area contributed by atoms with Gasteiger partial charge >= 0.3 is 0 Å². The molecule has 6 nitrogen and oxygen atoms in total. The summed E-state index contributed by atoms with van der Waals surface area (Å²) in [5.74, 6) is -1.39. The molecule has 2 aromatic rings. The third-order valence-corrected chi connectivity index (χ3v) is 6.13. The second kappa shape index (κ2) is 8.88. The molecule has 0 spiro atoms. The third kappa shape index (κ3) is 4.60. The predicted octanol–water partition coefficient (Wildman–Crippen LogP) is 3.36. The molecule has 2 aromatic carbocycles. The Morgan fingerprint density at radius 3 is 2.35 bits per heavy atom. The van der Waals surface area contributed by atoms with Gasteiger partial charge in [-0.1, -0.05) is 29.8 Å². The van der Waals surface area contributed by atoms with Crippen molar-refractivity contribution in [3.05, 3.63) is 59.9 Å². The molecule has 4 rings (SSSR count). The maximum atomic E-state index is 13.8. The number of nitrogens with zero attached hydrogens (tertiary/aromatic N) is 2. The zero-order valence-electron chi connectivity index (χ0n) is 17.5. The molecule has 31 heavy (non-hydrogen) atoms. The zero-order chi connectivity index (χ0) is 22.0. The zero-order valence-corrected chi connectivity index (χ0v) is 17.5. The summed E-state index contributed by atoms with van der Waals surface area (Å²) in [7, 11) is 0. The highest BCUT2D eigenvalue weighted by Crippen LogP contribution is 2.28. The van der Waals surface area contributed by atoms with Crippen LogP contribution >= 0.6 is 0 Å². The summed E-state index contributed by atoms with van der Waals surface area (Å²) >= 11 is 0. The number of aryl methyl sites for hydroxylation is 1. The largest absolute Gasteiger partial charge is 0.342 e. The predicted molar refractivity (Wildman–Crippen MR) is 116 cm³/mol. The fourth-order valence-corrected chi connectivity index (χ4v) is 4.26. The Labute approximate surface area is 181 Å². The van der Waals surface area contributed by atoms with Crippen LogP contribution < -0.4 is 10.2 Å². The second-order valence-corrected chi connectivity index (χ2v) is 8.31. The van der Waals surface area contributed by atoms with Crippen molar-refractivity contribution < 1.29 is 18.8 Å². The topological polar surface area (TPSA) is 69.7 Å². The molecule has 1 N–H and O–H groups in total. The van der Waals surface area contributed by atoms with Gasteiger partial charge in [0.2, 0.25) is 17.7 Å². The van der Waals surface area contributed by atoms with Crippen molar-refractivity contribution in [3.8, 4) is 0 Å². The average Bonchev–Trinajstić information content (AvgIpc) is 3.17. The smallest absolute Gasteiger partial charge is 0.228 e. The minimum Gasteiger partial charge on any atom is -0.342 e. The van der Waals surface area contributed by atoms with Crippen molar-refractivity contribution in [2.24, 2.45) is 11.8 Å². The number of para-hydroxylation sites is 1. The minimum absolute atomic E-state index is 0.0316. The van der Waals surface area contributed by atoms with Crippen molar-refractivity contribution in [2.75, 3.05) is 29.9 Å². The molecule has 7 heteroatoms. The highest BCUT2D eigenvalue weighted by Gasteiger charge is 2.38. The van der Waals surface area contributed by atoms with Gasteiger partial charge in [0.25, 0.3) is 0 Å². The van der Waals surface area contributed by atoms with E-state index in [2.05, 4.69) is 5.32 Å². The van der Waals surface area contributed by atoms with Gasteiger partial charge in [-0.2, -0.15) is 0 Å². The van der Waals surface area contributed by atoms with E-state index in [0.717, 1.165) is 11.3 Å². The monoisotopic (exact) mass is 423 g/mol. The van der Waals surface area contributed by atoms with E-state index in [0.29, 0.717) is 32.5 Å². The molecular formula is C24H26FN3O3. The van der Waals surface area contributed by atoms with Crippen LogP contribution in [0.1, 0.15) is 24.8 Å². The van der Waals surface area contributed by atoms with Crippen LogP contribution in [0.25, 0.3) is 0 Å². The van der Waals surface area contributed by atoms with Gasteiger partial charge < -0.3 is 15.1 Å². The molecule has 1 atom stereocenters. The molecule has 0 aliphatic carbocycles. The molecule has 0 radical (unpaired) electrons. The second-order valence-electron chi connectivity index (χ2n) is 8.31. The number of amides is 3. The lowest BCUT2D eigenvalue weighted by molar-refractivity contribution is -0.138. The molecule has 2 fully saturated rings. The number of carbonyl (C=O) groups is 3. The fraction of sp³-hybridized carbons (Fsp3) is 0.375. The number of hydrogen-bond acceptors (Lipinski definition) is 3. The lowest BCUT2D eigenvalue weighted by Crippen LogP contribution is -2.44. The summed E-state index contributed by atoms with van der Waals surface area (Å²) in [6.45, 7) is 3.30. The van der Waals surface area contributed by atoms with Crippen LogP contribution in [-0.2, 0) is 14.4 Å². The van der Waals surface area contributed by atoms with Crippen LogP contribution in [0.5, 0.6) is 0 Å². The van der Waals surface area contributed by atoms with E-state index < -0.39 is 5.82 Å². The van der Waals surface area contributed by atoms with E-state index in [1.54, 1.807) is 21.9 Å². The molecule has 0 aromatic heterocycles. The first-order chi connectivity index (χ1) is 14.9. The Hall–Kier alpha value is -3.22. The number of halogens is 1. The molecule has 162 valence electrons. The molecule has 0 unspecified atom stereocenters. The van der Waals surface area contributed by atoms with Crippen LogP contribution in [0.15, 0.2) is 48.5 Å². The Balaban J connectivity index is 1.31. The standard InChI is InChI=1S/C24H26FN3O3/c1-16-6-8-19(9-7-16)28-15-18(14-22(28)29)24(31)27-12-10-17(11-13-27)23(30)26-21-5-3-2-4-20(21)25/h2-9,17-18H,10-15H2,1H3,(H,26,30)/t18-/m1/s1. The maximum Gasteiger partial charge on any atom is 0.228 e. The molecule has 2 aliphatic heterocycles. The van der Waals surface area contributed by atoms with Crippen LogP contribution in [0.2, 0.25) is 0 Å². The summed E-state index contributed by atoms with van der Waals surface area (Å²) in [5, 5.41) is 2.64. The number of likely N-dealkylation sites (tertiary alicyclic amines) is 1. The van der Waals surface area contributed by atoms with Crippen molar-refractivity contribution >= 4 is 29.1 Å². The van der Waals surface area contributed by atoms with Crippen molar-refractivity contribution in [3.63, 3.8) is 0 Å². The van der Waals surface area contributed by atoms with Crippen molar-refractivity contribution in [1.29, 1.82) is 0 Å². The van der Waals surface area contributed by atoms with E-state index in [9.17, 15) is 18.8 Å². The summed E-state index contributed by atoms with van der Waals surface area (Å²) in [4.78, 5) is 41.4. The van der Waals surface area contributed by atoms with Gasteiger partial charge in [0.1, 0.15) is 5.82 Å². The molecule has 2 saturated heterocycles. The van der Waals surface area contributed by atoms with Crippen LogP contribution in [-0.4, -0.2) is 42.3 Å². The quantitative estimate of drug-likeness (QED) is 0.820. The third-order valence-electron chi connectivity index (χ3n) is 6.13. The average molecular weight is 423 g/mol. The summed E-state index contributed by atoms with van der Waals surface area (Å²) in [5.41, 5.74) is 2.10.